The van der Waals surface area contributed by atoms with Crippen LogP contribution in [0.25, 0.3) is 0 Å². The van der Waals surface area contributed by atoms with Crippen molar-refractivity contribution in [2.24, 2.45) is 17.4 Å². The topological polar surface area (TPSA) is 243 Å². The van der Waals surface area contributed by atoms with Gasteiger partial charge in [-0.05, 0) is 31.7 Å². The average molecular weight is 512 g/mol. The van der Waals surface area contributed by atoms with E-state index in [2.05, 4.69) is 25.9 Å². The van der Waals surface area contributed by atoms with Crippen molar-refractivity contribution in [3.05, 3.63) is 18.2 Å². The Labute approximate surface area is 209 Å². The van der Waals surface area contributed by atoms with Crippen molar-refractivity contribution in [2.45, 2.75) is 76.5 Å². The number of carboxylic acid groups (broad SMARTS) is 2. The van der Waals surface area contributed by atoms with Gasteiger partial charge in [0.25, 0.3) is 0 Å². The fraction of sp³-hybridized carbons (Fsp3) is 0.636. The number of carbonyl (C=O) groups excluding carboxylic acids is 3. The number of aromatic amines is 1. The number of aliphatic carboxylic acids is 2. The minimum absolute atomic E-state index is 0.0730. The molecule has 0 saturated carbocycles. The van der Waals surface area contributed by atoms with Crippen molar-refractivity contribution >= 4 is 29.7 Å². The highest BCUT2D eigenvalue weighted by Crippen LogP contribution is 2.10. The molecular formula is C22H37N7O7. The van der Waals surface area contributed by atoms with Crippen molar-refractivity contribution in [1.82, 2.24) is 25.9 Å². The molecule has 0 radical (unpaired) electrons. The molecule has 0 saturated heterocycles. The van der Waals surface area contributed by atoms with Gasteiger partial charge in [-0.25, -0.2) is 9.78 Å². The number of aromatic nitrogens is 2. The number of H-pyrrole nitrogens is 1. The summed E-state index contributed by atoms with van der Waals surface area (Å²) in [5.74, 6) is -5.36. The number of hydrogen-bond donors (Lipinski definition) is 8. The smallest absolute Gasteiger partial charge is 0.326 e. The second kappa shape index (κ2) is 15.5. The minimum atomic E-state index is -1.52. The third kappa shape index (κ3) is 10.4. The van der Waals surface area contributed by atoms with Crippen LogP contribution in [0.15, 0.2) is 12.5 Å². The predicted molar refractivity (Wildman–Crippen MR) is 128 cm³/mol. The van der Waals surface area contributed by atoms with Crippen LogP contribution in [-0.2, 0) is 30.4 Å². The molecule has 202 valence electrons. The molecule has 14 nitrogen and oxygen atoms in total. The summed E-state index contributed by atoms with van der Waals surface area (Å²) in [7, 11) is 0. The molecule has 0 fully saturated rings. The van der Waals surface area contributed by atoms with Crippen LogP contribution in [-0.4, -0.2) is 80.6 Å². The van der Waals surface area contributed by atoms with Gasteiger partial charge in [0.15, 0.2) is 0 Å². The van der Waals surface area contributed by atoms with Crippen LogP contribution in [0.3, 0.4) is 0 Å². The van der Waals surface area contributed by atoms with Gasteiger partial charge in [-0.2, -0.15) is 0 Å². The Balaban J connectivity index is 2.98. The largest absolute Gasteiger partial charge is 0.481 e. The summed E-state index contributed by atoms with van der Waals surface area (Å²) in [5, 5.41) is 25.9. The van der Waals surface area contributed by atoms with Gasteiger partial charge in [0, 0.05) is 18.3 Å². The molecule has 0 bridgehead atoms. The Bertz CT molecular complexity index is 878. The van der Waals surface area contributed by atoms with Crippen molar-refractivity contribution < 1.29 is 34.2 Å². The molecular weight excluding hydrogens is 474 g/mol. The summed E-state index contributed by atoms with van der Waals surface area (Å²) in [6, 6.07) is -4.95. The highest BCUT2D eigenvalue weighted by molar-refractivity contribution is 5.95. The molecule has 1 aromatic heterocycles. The molecule has 5 atom stereocenters. The first kappa shape index (κ1) is 30.5. The molecule has 0 spiro atoms. The third-order valence-electron chi connectivity index (χ3n) is 5.70. The molecule has 5 unspecified atom stereocenters. The van der Waals surface area contributed by atoms with E-state index in [-0.39, 0.29) is 18.8 Å². The number of imidazole rings is 1. The number of unbranched alkanes of at least 4 members (excludes halogenated alkanes) is 1. The Morgan fingerprint density at radius 2 is 1.67 bits per heavy atom. The fourth-order valence-electron chi connectivity index (χ4n) is 3.36. The lowest BCUT2D eigenvalue weighted by Crippen LogP contribution is -2.58. The molecule has 1 heterocycles. The van der Waals surface area contributed by atoms with Crippen LogP contribution < -0.4 is 27.4 Å². The second-order valence-electron chi connectivity index (χ2n) is 8.60. The summed E-state index contributed by atoms with van der Waals surface area (Å²) in [4.78, 5) is 68.0. The lowest BCUT2D eigenvalue weighted by atomic mass is 9.98. The molecule has 0 aliphatic rings. The van der Waals surface area contributed by atoms with Crippen LogP contribution in [0, 0.1) is 5.92 Å². The van der Waals surface area contributed by atoms with E-state index in [1.807, 2.05) is 0 Å². The van der Waals surface area contributed by atoms with Gasteiger partial charge in [0.1, 0.15) is 18.1 Å². The molecule has 0 aliphatic carbocycles. The van der Waals surface area contributed by atoms with Gasteiger partial charge < -0.3 is 42.6 Å². The van der Waals surface area contributed by atoms with E-state index in [0.717, 1.165) is 0 Å². The third-order valence-corrected chi connectivity index (χ3v) is 5.70. The second-order valence-corrected chi connectivity index (χ2v) is 8.60. The summed E-state index contributed by atoms with van der Waals surface area (Å²) in [6.07, 6.45) is 3.82. The molecule has 1 rings (SSSR count). The van der Waals surface area contributed by atoms with E-state index in [1.165, 1.54) is 12.5 Å². The minimum Gasteiger partial charge on any atom is -0.481 e. The Kier molecular flexibility index (Phi) is 13.1. The van der Waals surface area contributed by atoms with Crippen LogP contribution in [0.1, 0.15) is 51.6 Å². The molecule has 10 N–H and O–H groups in total. The van der Waals surface area contributed by atoms with Crippen LogP contribution >= 0.6 is 0 Å². The standard InChI is InChI=1S/C22H37N7O7/c1-3-12(2)18(22(35)36)29-20(33)15(6-4-5-7-23)27-21(34)16(9-17(30)31)28-19(32)14(24)8-13-10-25-11-26-13/h10-12,14-16,18H,3-9,23-24H2,1-2H3,(H,25,26)(H,27,34)(H,28,32)(H,29,33)(H,30,31)(H,35,36). The molecule has 3 amide bonds. The van der Waals surface area contributed by atoms with Gasteiger partial charge in [-0.1, -0.05) is 20.3 Å². The summed E-state index contributed by atoms with van der Waals surface area (Å²) in [6.45, 7) is 3.80. The first-order valence-corrected chi connectivity index (χ1v) is 11.8. The number of nitrogens with one attached hydrogen (secondary N) is 4. The van der Waals surface area contributed by atoms with Crippen molar-refractivity contribution in [3.63, 3.8) is 0 Å². The van der Waals surface area contributed by atoms with E-state index >= 15 is 0 Å². The number of nitrogens with zero attached hydrogens (tertiary/aromatic N) is 1. The number of hydrogen-bond acceptors (Lipinski definition) is 8. The maximum absolute atomic E-state index is 12.9. The van der Waals surface area contributed by atoms with Crippen molar-refractivity contribution in [1.29, 1.82) is 0 Å². The maximum atomic E-state index is 12.9. The summed E-state index contributed by atoms with van der Waals surface area (Å²) >= 11 is 0. The summed E-state index contributed by atoms with van der Waals surface area (Å²) in [5.41, 5.74) is 12.0. The summed E-state index contributed by atoms with van der Waals surface area (Å²) < 4.78 is 0. The number of amides is 3. The normalized spacial score (nSPS) is 15.1. The van der Waals surface area contributed by atoms with E-state index < -0.39 is 60.2 Å². The van der Waals surface area contributed by atoms with E-state index in [1.54, 1.807) is 13.8 Å². The zero-order valence-corrected chi connectivity index (χ0v) is 20.5. The Morgan fingerprint density at radius 1 is 1.03 bits per heavy atom. The maximum Gasteiger partial charge on any atom is 0.326 e. The van der Waals surface area contributed by atoms with Crippen LogP contribution in [0.4, 0.5) is 0 Å². The van der Waals surface area contributed by atoms with Crippen molar-refractivity contribution in [2.75, 3.05) is 6.54 Å². The molecule has 14 heteroatoms. The van der Waals surface area contributed by atoms with Gasteiger partial charge in [0.05, 0.1) is 18.8 Å². The molecule has 36 heavy (non-hydrogen) atoms. The molecule has 0 aromatic carbocycles. The lowest BCUT2D eigenvalue weighted by molar-refractivity contribution is -0.144. The molecule has 1 aromatic rings. The number of carbonyl (C=O) groups is 5. The molecule has 0 aliphatic heterocycles. The Morgan fingerprint density at radius 3 is 2.19 bits per heavy atom. The van der Waals surface area contributed by atoms with Gasteiger partial charge in [0.2, 0.25) is 17.7 Å². The quantitative estimate of drug-likeness (QED) is 0.112. The van der Waals surface area contributed by atoms with Crippen LogP contribution in [0.5, 0.6) is 0 Å². The van der Waals surface area contributed by atoms with E-state index in [9.17, 15) is 34.2 Å². The number of carboxylic acids is 2. The predicted octanol–water partition coefficient (Wildman–Crippen LogP) is -1.53. The van der Waals surface area contributed by atoms with Gasteiger partial charge in [-0.15, -0.1) is 0 Å². The number of rotatable bonds is 17. The monoisotopic (exact) mass is 511 g/mol. The van der Waals surface area contributed by atoms with E-state index in [0.29, 0.717) is 31.5 Å². The average Bonchev–Trinajstić information content (AvgIpc) is 3.33. The fourth-order valence-corrected chi connectivity index (χ4v) is 3.36. The van der Waals surface area contributed by atoms with Crippen LogP contribution in [0.2, 0.25) is 0 Å². The highest BCUT2D eigenvalue weighted by Gasteiger charge is 2.32. The number of nitrogens with two attached hydrogens (primary N) is 2. The van der Waals surface area contributed by atoms with Gasteiger partial charge >= 0.3 is 11.9 Å². The Hall–Kier alpha value is -3.52. The van der Waals surface area contributed by atoms with Crippen molar-refractivity contribution in [3.8, 4) is 0 Å². The van der Waals surface area contributed by atoms with E-state index in [4.69, 9.17) is 11.5 Å². The zero-order valence-electron chi connectivity index (χ0n) is 20.5. The highest BCUT2D eigenvalue weighted by atomic mass is 16.4. The lowest BCUT2D eigenvalue weighted by Gasteiger charge is -2.26. The first-order chi connectivity index (χ1) is 17.0. The SMILES string of the molecule is CCC(C)C(NC(=O)C(CCCCN)NC(=O)C(CC(=O)O)NC(=O)C(N)Cc1cnc[nH]1)C(=O)O. The van der Waals surface area contributed by atoms with Gasteiger partial charge in [-0.3, -0.25) is 19.2 Å². The first-order valence-electron chi connectivity index (χ1n) is 11.8. The zero-order chi connectivity index (χ0) is 27.3.